The number of methoxy groups -OCH3 is 2. The molecule has 2 N–H and O–H groups in total. The summed E-state index contributed by atoms with van der Waals surface area (Å²) in [4.78, 5) is 11.7. The summed E-state index contributed by atoms with van der Waals surface area (Å²) in [5, 5.41) is 0. The molecule has 1 unspecified atom stereocenters. The number of nitrogens with two attached hydrogens (primary N) is 1. The molecule has 4 nitrogen and oxygen atoms in total. The Labute approximate surface area is 94.3 Å². The molecule has 0 aromatic heterocycles. The van der Waals surface area contributed by atoms with Crippen LogP contribution < -0.4 is 10.5 Å². The normalized spacial score (nSPS) is 22.7. The highest BCUT2D eigenvalue weighted by Crippen LogP contribution is 2.37. The Hall–Kier alpha value is -1.55. The van der Waals surface area contributed by atoms with Crippen molar-refractivity contribution in [3.63, 3.8) is 0 Å². The van der Waals surface area contributed by atoms with Gasteiger partial charge in [-0.05, 0) is 36.1 Å². The molecule has 2 rings (SSSR count). The number of rotatable bonds is 2. The van der Waals surface area contributed by atoms with Crippen molar-refractivity contribution in [2.75, 3.05) is 14.2 Å². The van der Waals surface area contributed by atoms with E-state index in [4.69, 9.17) is 15.2 Å². The Morgan fingerprint density at radius 3 is 2.81 bits per heavy atom. The lowest BCUT2D eigenvalue weighted by Crippen LogP contribution is -2.43. The van der Waals surface area contributed by atoms with E-state index < -0.39 is 5.54 Å². The fourth-order valence-corrected chi connectivity index (χ4v) is 2.18. The van der Waals surface area contributed by atoms with Crippen LogP contribution in [0.2, 0.25) is 0 Å². The van der Waals surface area contributed by atoms with E-state index in [1.54, 1.807) is 7.11 Å². The Balaban J connectivity index is 2.48. The minimum atomic E-state index is -1.02. The van der Waals surface area contributed by atoms with Crippen molar-refractivity contribution in [3.05, 3.63) is 29.3 Å². The quantitative estimate of drug-likeness (QED) is 0.756. The molecule has 1 aromatic carbocycles. The molecule has 1 aliphatic carbocycles. The molecule has 1 aromatic rings. The van der Waals surface area contributed by atoms with Crippen LogP contribution in [-0.2, 0) is 21.5 Å². The highest BCUT2D eigenvalue weighted by molar-refractivity contribution is 5.84. The van der Waals surface area contributed by atoms with E-state index in [1.165, 1.54) is 7.11 Å². The lowest BCUT2D eigenvalue weighted by Gasteiger charge is -2.22. The second-order valence-corrected chi connectivity index (χ2v) is 3.99. The Kier molecular flexibility index (Phi) is 2.59. The van der Waals surface area contributed by atoms with Crippen LogP contribution in [-0.4, -0.2) is 20.2 Å². The van der Waals surface area contributed by atoms with Gasteiger partial charge in [0.05, 0.1) is 14.2 Å². The molecule has 0 fully saturated rings. The fourth-order valence-electron chi connectivity index (χ4n) is 2.18. The van der Waals surface area contributed by atoms with Crippen LogP contribution >= 0.6 is 0 Å². The summed E-state index contributed by atoms with van der Waals surface area (Å²) >= 11 is 0. The first-order chi connectivity index (χ1) is 7.61. The van der Waals surface area contributed by atoms with Crippen molar-refractivity contribution < 1.29 is 14.3 Å². The molecule has 1 aliphatic rings. The average molecular weight is 221 g/mol. The third kappa shape index (κ3) is 1.46. The smallest absolute Gasteiger partial charge is 0.330 e. The first-order valence-corrected chi connectivity index (χ1v) is 5.16. The van der Waals surface area contributed by atoms with Gasteiger partial charge in [-0.25, -0.2) is 4.79 Å². The van der Waals surface area contributed by atoms with Crippen molar-refractivity contribution in [2.24, 2.45) is 5.73 Å². The van der Waals surface area contributed by atoms with Crippen molar-refractivity contribution in [1.29, 1.82) is 0 Å². The summed E-state index contributed by atoms with van der Waals surface area (Å²) in [6, 6.07) is 5.65. The Morgan fingerprint density at radius 2 is 2.19 bits per heavy atom. The zero-order valence-corrected chi connectivity index (χ0v) is 9.45. The van der Waals surface area contributed by atoms with E-state index in [2.05, 4.69) is 0 Å². The van der Waals surface area contributed by atoms with Crippen LogP contribution in [0.4, 0.5) is 0 Å². The topological polar surface area (TPSA) is 61.5 Å². The maximum Gasteiger partial charge on any atom is 0.330 e. The van der Waals surface area contributed by atoms with Gasteiger partial charge in [0.15, 0.2) is 0 Å². The van der Waals surface area contributed by atoms with Gasteiger partial charge in [-0.1, -0.05) is 6.07 Å². The lowest BCUT2D eigenvalue weighted by molar-refractivity contribution is -0.147. The van der Waals surface area contributed by atoms with E-state index in [1.807, 2.05) is 18.2 Å². The minimum absolute atomic E-state index is 0.389. The first-order valence-electron chi connectivity index (χ1n) is 5.16. The minimum Gasteiger partial charge on any atom is -0.497 e. The van der Waals surface area contributed by atoms with Gasteiger partial charge >= 0.3 is 5.97 Å². The monoisotopic (exact) mass is 221 g/mol. The Morgan fingerprint density at radius 1 is 1.44 bits per heavy atom. The molecule has 16 heavy (non-hydrogen) atoms. The summed E-state index contributed by atoms with van der Waals surface area (Å²) < 4.78 is 9.90. The van der Waals surface area contributed by atoms with Crippen LogP contribution in [0.1, 0.15) is 17.5 Å². The van der Waals surface area contributed by atoms with Crippen molar-refractivity contribution >= 4 is 5.97 Å². The molecule has 0 heterocycles. The van der Waals surface area contributed by atoms with E-state index in [9.17, 15) is 4.79 Å². The van der Waals surface area contributed by atoms with Gasteiger partial charge in [0, 0.05) is 0 Å². The van der Waals surface area contributed by atoms with Gasteiger partial charge in [0.25, 0.3) is 0 Å². The number of fused-ring (bicyclic) bond motifs is 1. The van der Waals surface area contributed by atoms with Crippen molar-refractivity contribution in [2.45, 2.75) is 18.4 Å². The highest BCUT2D eigenvalue weighted by atomic mass is 16.5. The van der Waals surface area contributed by atoms with Gasteiger partial charge in [-0.15, -0.1) is 0 Å². The second kappa shape index (κ2) is 3.79. The first kappa shape index (κ1) is 11.0. The molecular weight excluding hydrogens is 206 g/mol. The average Bonchev–Trinajstić information content (AvgIpc) is 2.67. The SMILES string of the molecule is COC(=O)C1(N)CCc2ccc(OC)cc21. The van der Waals surface area contributed by atoms with Gasteiger partial charge in [-0.2, -0.15) is 0 Å². The predicted molar refractivity (Wildman–Crippen MR) is 59.2 cm³/mol. The predicted octanol–water partition coefficient (Wildman–Crippen LogP) is 0.968. The number of carbonyl (C=O) groups excluding carboxylic acids is 1. The second-order valence-electron chi connectivity index (χ2n) is 3.99. The molecule has 0 bridgehead atoms. The van der Waals surface area contributed by atoms with E-state index in [-0.39, 0.29) is 5.97 Å². The standard InChI is InChI=1S/C12H15NO3/c1-15-9-4-3-8-5-6-12(13,10(8)7-9)11(14)16-2/h3-4,7H,5-6,13H2,1-2H3. The largest absolute Gasteiger partial charge is 0.497 e. The number of aryl methyl sites for hydroxylation is 1. The van der Waals surface area contributed by atoms with Crippen LogP contribution in [0.25, 0.3) is 0 Å². The molecule has 0 spiro atoms. The number of hydrogen-bond donors (Lipinski definition) is 1. The lowest BCUT2D eigenvalue weighted by atomic mass is 9.93. The summed E-state index contributed by atoms with van der Waals surface area (Å²) in [5.41, 5.74) is 7.01. The summed E-state index contributed by atoms with van der Waals surface area (Å²) in [5.74, 6) is 0.318. The highest BCUT2D eigenvalue weighted by Gasteiger charge is 2.43. The maximum atomic E-state index is 11.7. The molecular formula is C12H15NO3. The maximum absolute atomic E-state index is 11.7. The summed E-state index contributed by atoms with van der Waals surface area (Å²) in [6.45, 7) is 0. The number of benzene rings is 1. The third-order valence-electron chi connectivity index (χ3n) is 3.14. The molecule has 0 aliphatic heterocycles. The molecule has 0 amide bonds. The van der Waals surface area contributed by atoms with E-state index in [0.29, 0.717) is 12.2 Å². The number of esters is 1. The van der Waals surface area contributed by atoms with Crippen molar-refractivity contribution in [1.82, 2.24) is 0 Å². The molecule has 1 atom stereocenters. The molecule has 4 heteroatoms. The number of hydrogen-bond acceptors (Lipinski definition) is 4. The zero-order valence-electron chi connectivity index (χ0n) is 9.45. The zero-order chi connectivity index (χ0) is 11.8. The van der Waals surface area contributed by atoms with Crippen LogP contribution in [0.15, 0.2) is 18.2 Å². The van der Waals surface area contributed by atoms with Crippen LogP contribution in [0.5, 0.6) is 5.75 Å². The van der Waals surface area contributed by atoms with Crippen LogP contribution in [0, 0.1) is 0 Å². The van der Waals surface area contributed by atoms with Crippen molar-refractivity contribution in [3.8, 4) is 5.75 Å². The molecule has 86 valence electrons. The van der Waals surface area contributed by atoms with Gasteiger partial charge < -0.3 is 15.2 Å². The van der Waals surface area contributed by atoms with E-state index >= 15 is 0 Å². The number of carbonyl (C=O) groups is 1. The molecule has 0 saturated carbocycles. The van der Waals surface area contributed by atoms with Gasteiger partial charge in [0.1, 0.15) is 11.3 Å². The van der Waals surface area contributed by atoms with E-state index in [0.717, 1.165) is 17.5 Å². The van der Waals surface area contributed by atoms with Crippen LogP contribution in [0.3, 0.4) is 0 Å². The molecule has 0 saturated heterocycles. The summed E-state index contributed by atoms with van der Waals surface area (Å²) in [7, 11) is 2.95. The fraction of sp³-hybridized carbons (Fsp3) is 0.417. The number of ether oxygens (including phenoxy) is 2. The van der Waals surface area contributed by atoms with Gasteiger partial charge in [0.2, 0.25) is 0 Å². The third-order valence-corrected chi connectivity index (χ3v) is 3.14. The molecule has 0 radical (unpaired) electrons. The Bertz CT molecular complexity index is 430. The summed E-state index contributed by atoms with van der Waals surface area (Å²) in [6.07, 6.45) is 1.38. The van der Waals surface area contributed by atoms with Gasteiger partial charge in [-0.3, -0.25) is 0 Å².